The maximum atomic E-state index is 13.6. The van der Waals surface area contributed by atoms with Crippen LogP contribution in [0.4, 0.5) is 16.2 Å². The molecule has 1 aromatic carbocycles. The number of hydrogen-bond donors (Lipinski definition) is 3. The van der Waals surface area contributed by atoms with Gasteiger partial charge in [0.2, 0.25) is 17.8 Å². The van der Waals surface area contributed by atoms with E-state index in [0.717, 1.165) is 31.2 Å². The van der Waals surface area contributed by atoms with E-state index in [9.17, 15) is 14.0 Å². The summed E-state index contributed by atoms with van der Waals surface area (Å²) in [7, 11) is 7.21. The second-order valence-corrected chi connectivity index (χ2v) is 9.95. The number of carbonyl (C=O) groups is 2. The van der Waals surface area contributed by atoms with Crippen LogP contribution in [0.15, 0.2) is 42.6 Å². The highest BCUT2D eigenvalue weighted by molar-refractivity contribution is 5.91. The Balaban J connectivity index is 1.58. The van der Waals surface area contributed by atoms with Gasteiger partial charge in [-0.05, 0) is 51.1 Å². The SMILES string of the molecule is CNc1ncc(C#C[C@@H]2CCC[C@H](NC(=O)CN(C)C(=O)/C=C/CN(C)C)C2)c(NCc2cccc(F)c2)n1. The van der Waals surface area contributed by atoms with Gasteiger partial charge in [0.1, 0.15) is 11.6 Å². The van der Waals surface area contributed by atoms with Crippen LogP contribution in [0.2, 0.25) is 0 Å². The monoisotopic (exact) mass is 535 g/mol. The Morgan fingerprint density at radius 3 is 2.79 bits per heavy atom. The molecule has 2 aromatic rings. The smallest absolute Gasteiger partial charge is 0.246 e. The summed E-state index contributed by atoms with van der Waals surface area (Å²) in [5, 5.41) is 9.24. The van der Waals surface area contributed by atoms with Gasteiger partial charge in [-0.3, -0.25) is 9.59 Å². The molecule has 10 heteroatoms. The lowest BCUT2D eigenvalue weighted by Crippen LogP contribution is -2.44. The molecule has 3 N–H and O–H groups in total. The minimum absolute atomic E-state index is 0.00632. The Hall–Kier alpha value is -3.97. The number of halogens is 1. The number of benzene rings is 1. The second kappa shape index (κ2) is 14.8. The van der Waals surface area contributed by atoms with Crippen molar-refractivity contribution in [1.29, 1.82) is 0 Å². The molecule has 3 rings (SSSR count). The molecule has 9 nitrogen and oxygen atoms in total. The van der Waals surface area contributed by atoms with E-state index >= 15 is 0 Å². The lowest BCUT2D eigenvalue weighted by atomic mass is 9.86. The highest BCUT2D eigenvalue weighted by Crippen LogP contribution is 2.24. The molecule has 0 aliphatic heterocycles. The first-order chi connectivity index (χ1) is 18.7. The summed E-state index contributed by atoms with van der Waals surface area (Å²) in [6.07, 6.45) is 8.45. The molecule has 0 spiro atoms. The molecule has 208 valence electrons. The van der Waals surface area contributed by atoms with Crippen LogP contribution < -0.4 is 16.0 Å². The molecule has 2 atom stereocenters. The average Bonchev–Trinajstić information content (AvgIpc) is 2.90. The second-order valence-electron chi connectivity index (χ2n) is 9.95. The number of anilines is 2. The fourth-order valence-electron chi connectivity index (χ4n) is 4.25. The normalized spacial score (nSPS) is 16.9. The molecule has 1 heterocycles. The van der Waals surface area contributed by atoms with Gasteiger partial charge >= 0.3 is 0 Å². The maximum Gasteiger partial charge on any atom is 0.246 e. The zero-order chi connectivity index (χ0) is 28.2. The van der Waals surface area contributed by atoms with E-state index in [1.807, 2.05) is 25.1 Å². The van der Waals surface area contributed by atoms with Crippen LogP contribution in [0.3, 0.4) is 0 Å². The molecule has 0 radical (unpaired) electrons. The van der Waals surface area contributed by atoms with E-state index in [1.54, 1.807) is 32.4 Å². The van der Waals surface area contributed by atoms with Crippen LogP contribution in [0, 0.1) is 23.6 Å². The standard InChI is InChI=1S/C29H38FN7O2/c1-31-29-33-19-23(28(35-29)32-18-22-9-5-10-24(30)16-22)14-13-21-8-6-11-25(17-21)34-26(38)20-37(4)27(39)12-7-15-36(2)3/h5,7,9-10,12,16,19,21,25H,6,8,11,15,17-18,20H2,1-4H3,(H,34,38)(H2,31,32,33,35)/b12-7+/t21-,25-/m0/s1. The summed E-state index contributed by atoms with van der Waals surface area (Å²) >= 11 is 0. The number of amides is 2. The number of carbonyl (C=O) groups excluding carboxylic acids is 2. The summed E-state index contributed by atoms with van der Waals surface area (Å²) in [5.41, 5.74) is 1.44. The number of nitrogens with one attached hydrogen (secondary N) is 3. The van der Waals surface area contributed by atoms with Crippen LogP contribution in [0.5, 0.6) is 0 Å². The van der Waals surface area contributed by atoms with Gasteiger partial charge in [0.05, 0.1) is 18.3 Å². The van der Waals surface area contributed by atoms with Gasteiger partial charge < -0.3 is 25.8 Å². The first-order valence-electron chi connectivity index (χ1n) is 13.1. The molecule has 1 aliphatic rings. The number of nitrogens with zero attached hydrogens (tertiary/aromatic N) is 4. The number of rotatable bonds is 10. The van der Waals surface area contributed by atoms with Crippen LogP contribution in [0.1, 0.15) is 36.8 Å². The Morgan fingerprint density at radius 2 is 2.05 bits per heavy atom. The highest BCUT2D eigenvalue weighted by Gasteiger charge is 2.23. The highest BCUT2D eigenvalue weighted by atomic mass is 19.1. The minimum atomic E-state index is -0.290. The van der Waals surface area contributed by atoms with Crippen molar-refractivity contribution in [2.24, 2.45) is 5.92 Å². The summed E-state index contributed by atoms with van der Waals surface area (Å²) in [4.78, 5) is 36.9. The van der Waals surface area contributed by atoms with E-state index in [-0.39, 0.29) is 36.1 Å². The zero-order valence-corrected chi connectivity index (χ0v) is 23.1. The molecule has 1 saturated carbocycles. The maximum absolute atomic E-state index is 13.6. The number of hydrogen-bond acceptors (Lipinski definition) is 7. The van der Waals surface area contributed by atoms with Gasteiger partial charge in [-0.15, -0.1) is 0 Å². The van der Waals surface area contributed by atoms with Crippen molar-refractivity contribution in [1.82, 2.24) is 25.1 Å². The van der Waals surface area contributed by atoms with Crippen molar-refractivity contribution < 1.29 is 14.0 Å². The third-order valence-electron chi connectivity index (χ3n) is 6.30. The summed E-state index contributed by atoms with van der Waals surface area (Å²) < 4.78 is 13.6. The van der Waals surface area contributed by atoms with E-state index in [0.29, 0.717) is 30.4 Å². The molecular weight excluding hydrogens is 497 g/mol. The van der Waals surface area contributed by atoms with Crippen LogP contribution >= 0.6 is 0 Å². The van der Waals surface area contributed by atoms with Crippen LogP contribution in [-0.2, 0) is 16.1 Å². The van der Waals surface area contributed by atoms with Crippen LogP contribution in [0.25, 0.3) is 0 Å². The number of likely N-dealkylation sites (N-methyl/N-ethyl adjacent to an activating group) is 2. The Morgan fingerprint density at radius 1 is 1.23 bits per heavy atom. The van der Waals surface area contributed by atoms with E-state index in [2.05, 4.69) is 37.8 Å². The summed E-state index contributed by atoms with van der Waals surface area (Å²) in [5.74, 6) is 7.02. The molecule has 1 fully saturated rings. The average molecular weight is 536 g/mol. The fraction of sp³-hybridized carbons (Fsp3) is 0.448. The first-order valence-corrected chi connectivity index (χ1v) is 13.1. The van der Waals surface area contributed by atoms with E-state index < -0.39 is 0 Å². The Labute approximate surface area is 230 Å². The lowest BCUT2D eigenvalue weighted by Gasteiger charge is -2.27. The molecule has 2 amide bonds. The number of aromatic nitrogens is 2. The minimum Gasteiger partial charge on any atom is -0.365 e. The van der Waals surface area contributed by atoms with Gasteiger partial charge in [0, 0.05) is 45.2 Å². The predicted molar refractivity (Wildman–Crippen MR) is 151 cm³/mol. The largest absolute Gasteiger partial charge is 0.365 e. The van der Waals surface area contributed by atoms with Crippen molar-refractivity contribution in [3.8, 4) is 11.8 Å². The van der Waals surface area contributed by atoms with Gasteiger partial charge in [-0.2, -0.15) is 4.98 Å². The van der Waals surface area contributed by atoms with Crippen molar-refractivity contribution in [2.75, 3.05) is 51.9 Å². The molecular formula is C29H38FN7O2. The first kappa shape index (κ1) is 29.6. The van der Waals surface area contributed by atoms with Crippen molar-refractivity contribution >= 4 is 23.6 Å². The van der Waals surface area contributed by atoms with Gasteiger partial charge in [-0.25, -0.2) is 9.37 Å². The van der Waals surface area contributed by atoms with Crippen molar-refractivity contribution in [3.05, 3.63) is 59.6 Å². The van der Waals surface area contributed by atoms with Crippen molar-refractivity contribution in [3.63, 3.8) is 0 Å². The zero-order valence-electron chi connectivity index (χ0n) is 23.1. The molecule has 39 heavy (non-hydrogen) atoms. The molecule has 0 unspecified atom stereocenters. The third-order valence-corrected chi connectivity index (χ3v) is 6.30. The lowest BCUT2D eigenvalue weighted by molar-refractivity contribution is -0.131. The quantitative estimate of drug-likeness (QED) is 0.318. The van der Waals surface area contributed by atoms with Crippen molar-refractivity contribution in [2.45, 2.75) is 38.3 Å². The van der Waals surface area contributed by atoms with Gasteiger partial charge in [0.15, 0.2) is 0 Å². The van der Waals surface area contributed by atoms with E-state index in [1.165, 1.54) is 23.1 Å². The van der Waals surface area contributed by atoms with Crippen LogP contribution in [-0.4, -0.2) is 78.9 Å². The summed E-state index contributed by atoms with van der Waals surface area (Å²) in [6.45, 7) is 1.06. The third kappa shape index (κ3) is 10.0. The predicted octanol–water partition coefficient (Wildman–Crippen LogP) is 2.87. The topological polar surface area (TPSA) is 102 Å². The molecule has 1 aliphatic carbocycles. The molecule has 0 saturated heterocycles. The Bertz CT molecular complexity index is 1220. The summed E-state index contributed by atoms with van der Waals surface area (Å²) in [6, 6.07) is 6.40. The fourth-order valence-corrected chi connectivity index (χ4v) is 4.25. The van der Waals surface area contributed by atoms with Gasteiger partial charge in [0.25, 0.3) is 0 Å². The Kier molecular flexibility index (Phi) is 11.3. The molecule has 0 bridgehead atoms. The molecule has 1 aromatic heterocycles. The van der Waals surface area contributed by atoms with E-state index in [4.69, 9.17) is 0 Å². The van der Waals surface area contributed by atoms with Gasteiger partial charge in [-0.1, -0.05) is 36.5 Å².